The number of carbonyl (C=O) groups is 1. The quantitative estimate of drug-likeness (QED) is 0.786. The first kappa shape index (κ1) is 18.8. The molecular formula is C20H23N3O5S. The minimum absolute atomic E-state index is 0.0702. The number of benzene rings is 1. The number of amides is 1. The summed E-state index contributed by atoms with van der Waals surface area (Å²) in [7, 11) is -3.80. The van der Waals surface area contributed by atoms with Crippen molar-refractivity contribution < 1.29 is 22.8 Å². The van der Waals surface area contributed by atoms with E-state index in [9.17, 15) is 18.3 Å². The minimum Gasteiger partial charge on any atom is -0.391 e. The summed E-state index contributed by atoms with van der Waals surface area (Å²) in [4.78, 5) is 12.8. The normalized spacial score (nSPS) is 30.8. The van der Waals surface area contributed by atoms with Crippen LogP contribution >= 0.6 is 0 Å². The number of aromatic nitrogens is 1. The molecule has 154 valence electrons. The number of nitrogens with one attached hydrogen (secondary N) is 1. The number of fused-ring (bicyclic) bond motifs is 1. The highest BCUT2D eigenvalue weighted by molar-refractivity contribution is 7.89. The van der Waals surface area contributed by atoms with Crippen LogP contribution in [-0.2, 0) is 10.0 Å². The van der Waals surface area contributed by atoms with Gasteiger partial charge in [-0.15, -0.1) is 0 Å². The summed E-state index contributed by atoms with van der Waals surface area (Å²) in [5.74, 6) is 0.836. The van der Waals surface area contributed by atoms with E-state index in [1.165, 1.54) is 16.4 Å². The number of rotatable bonds is 4. The van der Waals surface area contributed by atoms with Crippen LogP contribution in [0.25, 0.3) is 0 Å². The van der Waals surface area contributed by atoms with Crippen molar-refractivity contribution in [2.24, 2.45) is 17.8 Å². The Morgan fingerprint density at radius 3 is 2.76 bits per heavy atom. The van der Waals surface area contributed by atoms with Crippen LogP contribution in [-0.4, -0.2) is 47.6 Å². The second kappa shape index (κ2) is 6.38. The maximum absolute atomic E-state index is 13.3. The average Bonchev–Trinajstić information content (AvgIpc) is 3.40. The summed E-state index contributed by atoms with van der Waals surface area (Å²) in [6.07, 6.45) is 1.20. The first-order valence-electron chi connectivity index (χ1n) is 9.81. The SMILES string of the molecule is Cc1noc(C)c1NC(=O)c1cccc(S(=O)(=O)N2C[C@@H]3C[C@H]4C[C@H]3[C@@H]2[C@@H]4O)c1. The van der Waals surface area contributed by atoms with Gasteiger partial charge in [0.05, 0.1) is 17.0 Å². The number of aliphatic hydroxyl groups excluding tert-OH is 1. The van der Waals surface area contributed by atoms with E-state index in [4.69, 9.17) is 4.52 Å². The van der Waals surface area contributed by atoms with Crippen molar-refractivity contribution in [1.82, 2.24) is 9.46 Å². The van der Waals surface area contributed by atoms with Crippen LogP contribution in [0, 0.1) is 31.6 Å². The number of hydrogen-bond donors (Lipinski definition) is 2. The van der Waals surface area contributed by atoms with E-state index in [1.54, 1.807) is 26.0 Å². The van der Waals surface area contributed by atoms with E-state index >= 15 is 0 Å². The summed E-state index contributed by atoms with van der Waals surface area (Å²) < 4.78 is 33.2. The molecule has 1 aromatic heterocycles. The second-order valence-electron chi connectivity index (χ2n) is 8.39. The highest BCUT2D eigenvalue weighted by Gasteiger charge is 2.61. The van der Waals surface area contributed by atoms with Crippen LogP contribution in [0.15, 0.2) is 33.7 Å². The van der Waals surface area contributed by atoms with E-state index < -0.39 is 22.0 Å². The number of carbonyl (C=O) groups excluding carboxylic acids is 1. The number of anilines is 1. The lowest BCUT2D eigenvalue weighted by Crippen LogP contribution is -2.43. The Morgan fingerprint density at radius 2 is 2.07 bits per heavy atom. The fourth-order valence-corrected chi connectivity index (χ4v) is 7.20. The van der Waals surface area contributed by atoms with Crippen molar-refractivity contribution in [2.75, 3.05) is 11.9 Å². The lowest BCUT2D eigenvalue weighted by atomic mass is 9.88. The van der Waals surface area contributed by atoms with Crippen molar-refractivity contribution >= 4 is 21.6 Å². The van der Waals surface area contributed by atoms with Gasteiger partial charge in [0.25, 0.3) is 5.91 Å². The standard InChI is InChI=1S/C20H23N3O5S/c1-10-17(11(2)28-22-10)21-20(25)12-4-3-5-15(7-12)29(26,27)23-9-14-6-13-8-16(14)18(23)19(13)24/h3-5,7,13-14,16,18-19,24H,6,8-9H2,1-2H3,(H,21,25)/t13-,14-,16+,18+,19+/m0/s1. The molecule has 2 heterocycles. The summed E-state index contributed by atoms with van der Waals surface area (Å²) in [6, 6.07) is 5.68. The van der Waals surface area contributed by atoms with Crippen molar-refractivity contribution in [3.05, 3.63) is 41.3 Å². The fourth-order valence-electron chi connectivity index (χ4n) is 5.42. The van der Waals surface area contributed by atoms with Gasteiger partial charge in [-0.2, -0.15) is 4.31 Å². The van der Waals surface area contributed by atoms with Gasteiger partial charge >= 0.3 is 0 Å². The zero-order valence-corrected chi connectivity index (χ0v) is 17.0. The molecule has 8 nitrogen and oxygen atoms in total. The molecule has 0 radical (unpaired) electrons. The molecule has 9 heteroatoms. The first-order valence-corrected chi connectivity index (χ1v) is 11.3. The topological polar surface area (TPSA) is 113 Å². The summed E-state index contributed by atoms with van der Waals surface area (Å²) >= 11 is 0. The van der Waals surface area contributed by atoms with E-state index in [1.807, 2.05) is 0 Å². The lowest BCUT2D eigenvalue weighted by molar-refractivity contribution is 0.0731. The van der Waals surface area contributed by atoms with E-state index in [-0.39, 0.29) is 28.3 Å². The molecule has 1 aliphatic heterocycles. The molecule has 2 N–H and O–H groups in total. The molecule has 2 aliphatic carbocycles. The summed E-state index contributed by atoms with van der Waals surface area (Å²) in [6.45, 7) is 3.86. The van der Waals surface area contributed by atoms with E-state index in [2.05, 4.69) is 10.5 Å². The third kappa shape index (κ3) is 2.75. The van der Waals surface area contributed by atoms with Crippen molar-refractivity contribution in [2.45, 2.75) is 43.7 Å². The number of nitrogens with zero attached hydrogens (tertiary/aromatic N) is 2. The highest BCUT2D eigenvalue weighted by atomic mass is 32.2. The Labute approximate surface area is 168 Å². The average molecular weight is 417 g/mol. The first-order chi connectivity index (χ1) is 13.8. The predicted molar refractivity (Wildman–Crippen MR) is 104 cm³/mol. The monoisotopic (exact) mass is 417 g/mol. The molecule has 1 aromatic carbocycles. The second-order valence-corrected chi connectivity index (χ2v) is 10.3. The third-order valence-corrected chi connectivity index (χ3v) is 8.64. The Balaban J connectivity index is 1.43. The Hall–Kier alpha value is -2.23. The lowest BCUT2D eigenvalue weighted by Gasteiger charge is -2.28. The largest absolute Gasteiger partial charge is 0.391 e. The molecule has 2 aromatic rings. The molecule has 29 heavy (non-hydrogen) atoms. The molecule has 3 fully saturated rings. The Bertz CT molecular complexity index is 1070. The van der Waals surface area contributed by atoms with Crippen LogP contribution < -0.4 is 5.32 Å². The van der Waals surface area contributed by atoms with Gasteiger partial charge in [-0.25, -0.2) is 8.42 Å². The van der Waals surface area contributed by atoms with Gasteiger partial charge in [0.15, 0.2) is 5.76 Å². The van der Waals surface area contributed by atoms with Gasteiger partial charge in [-0.1, -0.05) is 11.2 Å². The Morgan fingerprint density at radius 1 is 1.28 bits per heavy atom. The smallest absolute Gasteiger partial charge is 0.255 e. The molecule has 3 aliphatic rings. The molecule has 1 amide bonds. The van der Waals surface area contributed by atoms with Crippen LogP contribution in [0.3, 0.4) is 0 Å². The molecule has 5 rings (SSSR count). The van der Waals surface area contributed by atoms with E-state index in [0.29, 0.717) is 29.6 Å². The zero-order valence-electron chi connectivity index (χ0n) is 16.2. The van der Waals surface area contributed by atoms with Gasteiger partial charge in [0.2, 0.25) is 10.0 Å². The fraction of sp³-hybridized carbons (Fsp3) is 0.500. The number of sulfonamides is 1. The predicted octanol–water partition coefficient (Wildman–Crippen LogP) is 1.93. The Kier molecular flexibility index (Phi) is 4.13. The highest BCUT2D eigenvalue weighted by Crippen LogP contribution is 2.56. The third-order valence-electron chi connectivity index (χ3n) is 6.78. The van der Waals surface area contributed by atoms with Gasteiger partial charge in [-0.05, 0) is 62.6 Å². The van der Waals surface area contributed by atoms with Gasteiger partial charge < -0.3 is 14.9 Å². The van der Waals surface area contributed by atoms with Crippen LogP contribution in [0.4, 0.5) is 5.69 Å². The summed E-state index contributed by atoms with van der Waals surface area (Å²) in [5, 5.41) is 17.1. The maximum Gasteiger partial charge on any atom is 0.255 e. The number of hydrogen-bond acceptors (Lipinski definition) is 6. The number of aryl methyl sites for hydroxylation is 2. The van der Waals surface area contributed by atoms with Crippen LogP contribution in [0.1, 0.15) is 34.7 Å². The van der Waals surface area contributed by atoms with Crippen LogP contribution in [0.2, 0.25) is 0 Å². The van der Waals surface area contributed by atoms with Crippen molar-refractivity contribution in [3.63, 3.8) is 0 Å². The van der Waals surface area contributed by atoms with E-state index in [0.717, 1.165) is 12.8 Å². The molecule has 5 atom stereocenters. The molecule has 1 saturated heterocycles. The van der Waals surface area contributed by atoms with Crippen molar-refractivity contribution in [3.8, 4) is 0 Å². The summed E-state index contributed by atoms with van der Waals surface area (Å²) in [5.41, 5.74) is 1.27. The molecule has 0 spiro atoms. The zero-order chi connectivity index (χ0) is 20.5. The molecule has 2 bridgehead atoms. The van der Waals surface area contributed by atoms with Crippen LogP contribution in [0.5, 0.6) is 0 Å². The minimum atomic E-state index is -3.80. The molecule has 2 saturated carbocycles. The van der Waals surface area contributed by atoms with Gasteiger partial charge in [0, 0.05) is 12.1 Å². The number of aliphatic hydroxyl groups is 1. The maximum atomic E-state index is 13.3. The van der Waals surface area contributed by atoms with Gasteiger partial charge in [0.1, 0.15) is 11.4 Å². The molecular weight excluding hydrogens is 394 g/mol. The molecule has 0 unspecified atom stereocenters. The van der Waals surface area contributed by atoms with Crippen molar-refractivity contribution in [1.29, 1.82) is 0 Å². The van der Waals surface area contributed by atoms with Gasteiger partial charge in [-0.3, -0.25) is 4.79 Å².